The van der Waals surface area contributed by atoms with E-state index in [0.717, 1.165) is 25.0 Å². The van der Waals surface area contributed by atoms with Gasteiger partial charge in [0, 0.05) is 37.6 Å². The van der Waals surface area contributed by atoms with Crippen molar-refractivity contribution in [1.29, 1.82) is 0 Å². The van der Waals surface area contributed by atoms with Gasteiger partial charge in [-0.2, -0.15) is 18.3 Å². The van der Waals surface area contributed by atoms with Crippen LogP contribution in [0.4, 0.5) is 18.9 Å². The van der Waals surface area contributed by atoms with Crippen molar-refractivity contribution in [3.05, 3.63) is 48.3 Å². The molecule has 1 saturated heterocycles. The van der Waals surface area contributed by atoms with Crippen molar-refractivity contribution >= 4 is 17.5 Å². The third-order valence-corrected chi connectivity index (χ3v) is 5.00. The Balaban J connectivity index is 1.44. The minimum atomic E-state index is -4.40. The van der Waals surface area contributed by atoms with Crippen LogP contribution < -0.4 is 5.32 Å². The molecule has 9 heteroatoms. The number of halogens is 3. The Morgan fingerprint density at radius 1 is 1.21 bits per heavy atom. The van der Waals surface area contributed by atoms with Crippen molar-refractivity contribution < 1.29 is 22.8 Å². The zero-order chi connectivity index (χ0) is 20.9. The Hall–Kier alpha value is -2.84. The summed E-state index contributed by atoms with van der Waals surface area (Å²) in [5, 5.41) is 6.67. The van der Waals surface area contributed by atoms with Crippen LogP contribution >= 0.6 is 0 Å². The van der Waals surface area contributed by atoms with E-state index < -0.39 is 11.7 Å². The van der Waals surface area contributed by atoms with Crippen molar-refractivity contribution in [1.82, 2.24) is 14.7 Å². The lowest BCUT2D eigenvalue weighted by Gasteiger charge is -2.32. The smallest absolute Gasteiger partial charge is 0.341 e. The van der Waals surface area contributed by atoms with Gasteiger partial charge in [-0.3, -0.25) is 14.3 Å². The van der Waals surface area contributed by atoms with E-state index in [-0.39, 0.29) is 30.7 Å². The van der Waals surface area contributed by atoms with Crippen LogP contribution in [0, 0.1) is 5.92 Å². The Morgan fingerprint density at radius 2 is 1.97 bits per heavy atom. The van der Waals surface area contributed by atoms with Gasteiger partial charge < -0.3 is 10.2 Å². The first-order valence-electron chi connectivity index (χ1n) is 9.53. The van der Waals surface area contributed by atoms with Crippen molar-refractivity contribution in [2.24, 2.45) is 5.92 Å². The number of benzene rings is 1. The quantitative estimate of drug-likeness (QED) is 0.795. The first-order valence-corrected chi connectivity index (χ1v) is 9.53. The molecular weight excluding hydrogens is 385 g/mol. The maximum Gasteiger partial charge on any atom is 0.416 e. The number of nitrogens with one attached hydrogen (secondary N) is 1. The molecule has 1 aromatic carbocycles. The number of anilines is 1. The van der Waals surface area contributed by atoms with Gasteiger partial charge >= 0.3 is 6.18 Å². The molecule has 1 aromatic heterocycles. The van der Waals surface area contributed by atoms with Gasteiger partial charge in [0.2, 0.25) is 11.8 Å². The van der Waals surface area contributed by atoms with Gasteiger partial charge in [0.25, 0.3) is 0 Å². The summed E-state index contributed by atoms with van der Waals surface area (Å²) >= 11 is 0. The predicted octanol–water partition coefficient (Wildman–Crippen LogP) is 3.56. The number of carbonyl (C=O) groups is 2. The highest BCUT2D eigenvalue weighted by molar-refractivity contribution is 5.90. The number of likely N-dealkylation sites (tertiary alicyclic amines) is 1. The van der Waals surface area contributed by atoms with Crippen LogP contribution in [0.2, 0.25) is 0 Å². The molecule has 1 atom stereocenters. The van der Waals surface area contributed by atoms with E-state index in [2.05, 4.69) is 10.4 Å². The van der Waals surface area contributed by atoms with E-state index >= 15 is 0 Å². The molecule has 6 nitrogen and oxygen atoms in total. The fraction of sp³-hybridized carbons (Fsp3) is 0.450. The molecule has 2 amide bonds. The average Bonchev–Trinajstić information content (AvgIpc) is 3.19. The van der Waals surface area contributed by atoms with Crippen LogP contribution in [-0.4, -0.2) is 39.6 Å². The molecule has 3 rings (SSSR count). The Kier molecular flexibility index (Phi) is 6.56. The fourth-order valence-electron chi connectivity index (χ4n) is 3.46. The molecule has 2 heterocycles. The molecule has 1 fully saturated rings. The minimum Gasteiger partial charge on any atom is -0.341 e. The number of aromatic nitrogens is 2. The zero-order valence-corrected chi connectivity index (χ0v) is 15.9. The van der Waals surface area contributed by atoms with Gasteiger partial charge in [-0.05, 0) is 55.5 Å². The largest absolute Gasteiger partial charge is 0.416 e. The second kappa shape index (κ2) is 9.11. The van der Waals surface area contributed by atoms with Crippen LogP contribution in [0.3, 0.4) is 0 Å². The first kappa shape index (κ1) is 20.9. The van der Waals surface area contributed by atoms with E-state index in [1.54, 1.807) is 23.1 Å². The molecule has 0 bridgehead atoms. The molecule has 0 spiro atoms. The van der Waals surface area contributed by atoms with Crippen LogP contribution in [0.1, 0.15) is 31.2 Å². The van der Waals surface area contributed by atoms with Gasteiger partial charge in [-0.25, -0.2) is 0 Å². The van der Waals surface area contributed by atoms with Gasteiger partial charge in [-0.1, -0.05) is 0 Å². The topological polar surface area (TPSA) is 67.2 Å². The van der Waals surface area contributed by atoms with Gasteiger partial charge in [0.15, 0.2) is 0 Å². The lowest BCUT2D eigenvalue weighted by atomic mass is 9.93. The SMILES string of the molecule is O=C(CC[C@@H]1CCCN(C(=O)Cn2cccn2)C1)Nc1ccc(C(F)(F)F)cc1. The summed E-state index contributed by atoms with van der Waals surface area (Å²) in [5.41, 5.74) is -0.416. The molecule has 0 saturated carbocycles. The van der Waals surface area contributed by atoms with Crippen LogP contribution in [-0.2, 0) is 22.3 Å². The van der Waals surface area contributed by atoms with Crippen molar-refractivity contribution in [2.75, 3.05) is 18.4 Å². The molecule has 0 radical (unpaired) electrons. The molecule has 2 aromatic rings. The molecule has 0 aliphatic carbocycles. The Bertz CT molecular complexity index is 819. The van der Waals surface area contributed by atoms with Gasteiger partial charge in [0.1, 0.15) is 6.54 Å². The third-order valence-electron chi connectivity index (χ3n) is 5.00. The minimum absolute atomic E-state index is 0.00704. The summed E-state index contributed by atoms with van der Waals surface area (Å²) in [6.07, 6.45) is 1.68. The molecule has 1 aliphatic heterocycles. The molecule has 156 valence electrons. The van der Waals surface area contributed by atoms with Crippen LogP contribution in [0.15, 0.2) is 42.7 Å². The first-order chi connectivity index (χ1) is 13.8. The highest BCUT2D eigenvalue weighted by Gasteiger charge is 2.30. The molecule has 1 N–H and O–H groups in total. The number of hydrogen-bond donors (Lipinski definition) is 1. The molecule has 0 unspecified atom stereocenters. The lowest BCUT2D eigenvalue weighted by Crippen LogP contribution is -2.41. The number of piperidine rings is 1. The number of amides is 2. The Morgan fingerprint density at radius 3 is 2.62 bits per heavy atom. The maximum atomic E-state index is 12.6. The van der Waals surface area contributed by atoms with E-state index in [1.807, 2.05) is 4.90 Å². The van der Waals surface area contributed by atoms with Crippen LogP contribution in [0.25, 0.3) is 0 Å². The van der Waals surface area contributed by atoms with Crippen molar-refractivity contribution in [3.63, 3.8) is 0 Å². The van der Waals surface area contributed by atoms with E-state index in [0.29, 0.717) is 25.2 Å². The second-order valence-corrected chi connectivity index (χ2v) is 7.21. The highest BCUT2D eigenvalue weighted by atomic mass is 19.4. The number of nitrogens with zero attached hydrogens (tertiary/aromatic N) is 3. The average molecular weight is 408 g/mol. The van der Waals surface area contributed by atoms with Crippen molar-refractivity contribution in [3.8, 4) is 0 Å². The predicted molar refractivity (Wildman–Crippen MR) is 101 cm³/mol. The summed E-state index contributed by atoms with van der Waals surface area (Å²) in [6, 6.07) is 6.15. The number of hydrogen-bond acceptors (Lipinski definition) is 3. The standard InChI is InChI=1S/C20H23F3N4O2/c21-20(22,23)16-5-7-17(8-6-16)25-18(28)9-4-15-3-1-11-26(13-15)19(29)14-27-12-2-10-24-27/h2,5-8,10,12,15H,1,3-4,9,11,13-14H2,(H,25,28)/t15-/m0/s1. The normalized spacial score (nSPS) is 17.2. The summed E-state index contributed by atoms with van der Waals surface area (Å²) in [7, 11) is 0. The Labute approximate surface area is 166 Å². The summed E-state index contributed by atoms with van der Waals surface area (Å²) in [4.78, 5) is 26.3. The fourth-order valence-corrected chi connectivity index (χ4v) is 3.46. The van der Waals surface area contributed by atoms with E-state index in [9.17, 15) is 22.8 Å². The number of carbonyl (C=O) groups excluding carboxylic acids is 2. The zero-order valence-electron chi connectivity index (χ0n) is 15.9. The molecular formula is C20H23F3N4O2. The number of alkyl halides is 3. The lowest BCUT2D eigenvalue weighted by molar-refractivity contribution is -0.137. The summed E-state index contributed by atoms with van der Waals surface area (Å²) in [6.45, 7) is 1.51. The summed E-state index contributed by atoms with van der Waals surface area (Å²) in [5.74, 6) is -0.0129. The van der Waals surface area contributed by atoms with E-state index in [4.69, 9.17) is 0 Å². The van der Waals surface area contributed by atoms with Crippen LogP contribution in [0.5, 0.6) is 0 Å². The van der Waals surface area contributed by atoms with Gasteiger partial charge in [0.05, 0.1) is 5.56 Å². The summed E-state index contributed by atoms with van der Waals surface area (Å²) < 4.78 is 39.3. The molecule has 1 aliphatic rings. The van der Waals surface area contributed by atoms with Gasteiger partial charge in [-0.15, -0.1) is 0 Å². The maximum absolute atomic E-state index is 12.6. The highest BCUT2D eigenvalue weighted by Crippen LogP contribution is 2.30. The molecule has 29 heavy (non-hydrogen) atoms. The third kappa shape index (κ3) is 6.07. The monoisotopic (exact) mass is 408 g/mol. The number of rotatable bonds is 6. The van der Waals surface area contributed by atoms with E-state index in [1.165, 1.54) is 12.1 Å². The second-order valence-electron chi connectivity index (χ2n) is 7.21. The van der Waals surface area contributed by atoms with Crippen molar-refractivity contribution in [2.45, 2.75) is 38.4 Å².